The fourth-order valence-corrected chi connectivity index (χ4v) is 5.04. The molecule has 0 saturated carbocycles. The molecule has 0 aliphatic carbocycles. The first kappa shape index (κ1) is 24.3. The highest BCUT2D eigenvalue weighted by molar-refractivity contribution is 6.01. The molecular weight excluding hydrogens is 469 g/mol. The number of alkyl halides is 2. The minimum absolute atomic E-state index is 0.00570. The van der Waals surface area contributed by atoms with Gasteiger partial charge >= 0.3 is 0 Å². The molecule has 1 spiro atoms. The average molecular weight is 499 g/mol. The van der Waals surface area contributed by atoms with Gasteiger partial charge in [0.15, 0.2) is 11.5 Å². The number of halogens is 3. The molecule has 6 rings (SSSR count). The highest BCUT2D eigenvalue weighted by Crippen LogP contribution is 2.43. The quantitative estimate of drug-likeness (QED) is 0.386. The monoisotopic (exact) mass is 498 g/mol. The molecule has 0 amide bonds. The maximum absolute atomic E-state index is 14.6. The van der Waals surface area contributed by atoms with Crippen molar-refractivity contribution in [1.82, 2.24) is 19.8 Å². The molecule has 2 aromatic heterocycles. The lowest BCUT2D eigenvalue weighted by Crippen LogP contribution is -2.58. The van der Waals surface area contributed by atoms with Crippen molar-refractivity contribution < 1.29 is 17.9 Å². The van der Waals surface area contributed by atoms with Gasteiger partial charge < -0.3 is 15.0 Å². The van der Waals surface area contributed by atoms with E-state index in [1.165, 1.54) is 23.1 Å². The third kappa shape index (κ3) is 4.34. The molecule has 2 fully saturated rings. The van der Waals surface area contributed by atoms with Gasteiger partial charge in [0.05, 0.1) is 5.56 Å². The topological polar surface area (TPSA) is 67.6 Å². The molecule has 2 aliphatic rings. The Hall–Kier alpha value is -3.40. The largest absolute Gasteiger partial charge is 0.381 e. The van der Waals surface area contributed by atoms with Crippen LogP contribution in [-0.4, -0.2) is 46.1 Å². The van der Waals surface area contributed by atoms with Gasteiger partial charge in [0.2, 0.25) is 0 Å². The molecule has 0 radical (unpaired) electrons. The van der Waals surface area contributed by atoms with Crippen LogP contribution in [-0.2, 0) is 11.3 Å². The van der Waals surface area contributed by atoms with Gasteiger partial charge in [-0.2, -0.15) is 0 Å². The highest BCUT2D eigenvalue weighted by atomic mass is 19.3. The van der Waals surface area contributed by atoms with Gasteiger partial charge in [-0.05, 0) is 31.0 Å². The van der Waals surface area contributed by atoms with E-state index in [0.717, 1.165) is 61.7 Å². The van der Waals surface area contributed by atoms with E-state index in [4.69, 9.17) is 4.74 Å². The molecule has 4 aromatic rings. The van der Waals surface area contributed by atoms with Crippen molar-refractivity contribution >= 4 is 27.9 Å². The third-order valence-electron chi connectivity index (χ3n) is 6.99. The number of fused-ring (bicyclic) bond motifs is 3. The van der Waals surface area contributed by atoms with Gasteiger partial charge in [-0.15, -0.1) is 14.8 Å². The highest BCUT2D eigenvalue weighted by Gasteiger charge is 2.43. The molecule has 4 heterocycles. The fraction of sp³-hybridized carbons (Fsp3) is 0.423. The summed E-state index contributed by atoms with van der Waals surface area (Å²) >= 11 is 0. The van der Waals surface area contributed by atoms with Gasteiger partial charge in [0.1, 0.15) is 12.1 Å². The maximum Gasteiger partial charge on any atom is 0.266 e. The summed E-state index contributed by atoms with van der Waals surface area (Å²) in [6, 6.07) is 10.1. The number of aromatic nitrogens is 4. The van der Waals surface area contributed by atoms with Crippen LogP contribution >= 0.6 is 0 Å². The molecule has 2 aliphatic heterocycles. The van der Waals surface area contributed by atoms with Crippen LogP contribution in [0.5, 0.6) is 0 Å². The van der Waals surface area contributed by atoms with Crippen LogP contribution in [0.4, 0.5) is 24.7 Å². The van der Waals surface area contributed by atoms with Gasteiger partial charge in [-0.25, -0.2) is 18.2 Å². The van der Waals surface area contributed by atoms with Crippen LogP contribution in [0.1, 0.15) is 44.2 Å². The predicted molar refractivity (Wildman–Crippen MR) is 133 cm³/mol. The second kappa shape index (κ2) is 9.93. The van der Waals surface area contributed by atoms with E-state index in [9.17, 15) is 13.2 Å². The van der Waals surface area contributed by atoms with E-state index < -0.39 is 17.8 Å². The summed E-state index contributed by atoms with van der Waals surface area (Å²) in [4.78, 5) is 6.66. The lowest BCUT2D eigenvalue weighted by atomic mass is 9.73. The summed E-state index contributed by atoms with van der Waals surface area (Å²) in [6.45, 7) is 7.61. The minimum atomic E-state index is -2.87. The lowest BCUT2D eigenvalue weighted by molar-refractivity contribution is -0.000184. The molecule has 2 saturated heterocycles. The number of hydrogen-bond acceptors (Lipinski definition) is 6. The Kier molecular flexibility index (Phi) is 6.70. The number of hydrogen-bond donors (Lipinski definition) is 1. The summed E-state index contributed by atoms with van der Waals surface area (Å²) < 4.78 is 47.7. The molecule has 190 valence electrons. The normalized spacial score (nSPS) is 16.8. The number of nitrogens with zero attached hydrogens (tertiary/aromatic N) is 5. The molecule has 0 atom stereocenters. The summed E-state index contributed by atoms with van der Waals surface area (Å²) in [5.41, 5.74) is 1.56. The fourth-order valence-electron chi connectivity index (χ4n) is 5.04. The van der Waals surface area contributed by atoms with Crippen molar-refractivity contribution in [3.8, 4) is 0 Å². The van der Waals surface area contributed by atoms with E-state index in [1.54, 1.807) is 0 Å². The van der Waals surface area contributed by atoms with Crippen molar-refractivity contribution in [3.63, 3.8) is 0 Å². The number of rotatable bonds is 5. The van der Waals surface area contributed by atoms with E-state index in [2.05, 4.69) is 37.5 Å². The third-order valence-corrected chi connectivity index (χ3v) is 6.99. The zero-order chi connectivity index (χ0) is 25.3. The summed E-state index contributed by atoms with van der Waals surface area (Å²) in [5, 5.41) is 13.5. The number of nitrogens with one attached hydrogen (secondary N) is 1. The van der Waals surface area contributed by atoms with Crippen LogP contribution in [0.3, 0.4) is 0 Å². The van der Waals surface area contributed by atoms with Crippen molar-refractivity contribution in [2.75, 3.05) is 36.5 Å². The Bertz CT molecular complexity index is 1360. The van der Waals surface area contributed by atoms with Gasteiger partial charge in [0.25, 0.3) is 6.43 Å². The second-order valence-corrected chi connectivity index (χ2v) is 9.09. The molecule has 0 bridgehead atoms. The summed E-state index contributed by atoms with van der Waals surface area (Å²) in [7, 11) is 0. The SMILES string of the molecule is CC.Fc1c(CNc2nn3ncnc3c3ccc(N4CC5(CCOCC5)C4)cc23)cccc1C(F)F. The number of ether oxygens (including phenoxy) is 1. The summed E-state index contributed by atoms with van der Waals surface area (Å²) in [6.07, 6.45) is 0.711. The maximum atomic E-state index is 14.6. The molecule has 10 heteroatoms. The zero-order valence-corrected chi connectivity index (χ0v) is 20.3. The minimum Gasteiger partial charge on any atom is -0.381 e. The second-order valence-electron chi connectivity index (χ2n) is 9.09. The summed E-state index contributed by atoms with van der Waals surface area (Å²) in [5.74, 6) is -0.419. The van der Waals surface area contributed by atoms with Gasteiger partial charge in [0, 0.05) is 60.3 Å². The Morgan fingerprint density at radius 3 is 2.61 bits per heavy atom. The van der Waals surface area contributed by atoms with Crippen molar-refractivity contribution in [2.45, 2.75) is 39.7 Å². The Morgan fingerprint density at radius 1 is 1.08 bits per heavy atom. The molecular formula is C26H29F3N6O. The molecule has 2 aromatic carbocycles. The van der Waals surface area contributed by atoms with Crippen molar-refractivity contribution in [2.24, 2.45) is 5.41 Å². The first-order valence-corrected chi connectivity index (χ1v) is 12.3. The Labute approximate surface area is 207 Å². The Morgan fingerprint density at radius 2 is 1.86 bits per heavy atom. The standard InChI is InChI=1S/C24H23F3N6O.C2H6/c25-20-15(2-1-3-18(20)21(26)27)11-28-22-19-10-16(32-12-24(13-32)6-8-34-9-7-24)4-5-17(19)23-29-14-30-33(23)31-22;1-2/h1-5,10,14,21H,6-9,11-13H2,(H,28,31);1-2H3. The first-order chi connectivity index (χ1) is 17.5. The van der Waals surface area contributed by atoms with E-state index in [0.29, 0.717) is 16.9 Å². The van der Waals surface area contributed by atoms with E-state index >= 15 is 0 Å². The van der Waals surface area contributed by atoms with Crippen molar-refractivity contribution in [3.05, 3.63) is 59.7 Å². The molecule has 7 nitrogen and oxygen atoms in total. The van der Waals surface area contributed by atoms with Crippen LogP contribution in [0.2, 0.25) is 0 Å². The molecule has 1 N–H and O–H groups in total. The van der Waals surface area contributed by atoms with Crippen LogP contribution in [0.25, 0.3) is 16.4 Å². The van der Waals surface area contributed by atoms with Gasteiger partial charge in [-0.3, -0.25) is 0 Å². The van der Waals surface area contributed by atoms with Crippen LogP contribution in [0.15, 0.2) is 42.7 Å². The molecule has 36 heavy (non-hydrogen) atoms. The first-order valence-electron chi connectivity index (χ1n) is 12.3. The van der Waals surface area contributed by atoms with Crippen LogP contribution in [0, 0.1) is 11.2 Å². The predicted octanol–water partition coefficient (Wildman–Crippen LogP) is 5.61. The lowest BCUT2D eigenvalue weighted by Gasteiger charge is -2.53. The van der Waals surface area contributed by atoms with E-state index in [1.807, 2.05) is 19.9 Å². The zero-order valence-electron chi connectivity index (χ0n) is 20.3. The average Bonchev–Trinajstić information content (AvgIpc) is 3.36. The molecule has 0 unspecified atom stereocenters. The van der Waals surface area contributed by atoms with Crippen molar-refractivity contribution in [1.29, 1.82) is 0 Å². The van der Waals surface area contributed by atoms with E-state index in [-0.39, 0.29) is 12.1 Å². The van der Waals surface area contributed by atoms with Gasteiger partial charge in [-0.1, -0.05) is 32.0 Å². The number of anilines is 2. The Balaban J connectivity index is 0.00000130. The van der Waals surface area contributed by atoms with Crippen LogP contribution < -0.4 is 10.2 Å². The smallest absolute Gasteiger partial charge is 0.266 e. The number of benzene rings is 2.